The first-order valence-electron chi connectivity index (χ1n) is 5.78. The van der Waals surface area contributed by atoms with Crippen LogP contribution in [0.15, 0.2) is 30.3 Å². The molecule has 0 spiro atoms. The zero-order valence-corrected chi connectivity index (χ0v) is 10.5. The van der Waals surface area contributed by atoms with Crippen molar-refractivity contribution in [1.29, 1.82) is 0 Å². The van der Waals surface area contributed by atoms with Crippen LogP contribution in [0.25, 0.3) is 0 Å². The largest absolute Gasteiger partial charge is 0.416 e. The third-order valence-corrected chi connectivity index (χ3v) is 2.64. The third-order valence-electron chi connectivity index (χ3n) is 2.64. The summed E-state index contributed by atoms with van der Waals surface area (Å²) in [5.74, 6) is -1.83. The molecule has 2 aromatic rings. The van der Waals surface area contributed by atoms with Crippen LogP contribution in [-0.2, 0) is 12.7 Å². The highest BCUT2D eigenvalue weighted by Gasteiger charge is 2.31. The molecule has 1 heterocycles. The van der Waals surface area contributed by atoms with E-state index in [4.69, 9.17) is 5.73 Å². The molecular weight excluding hydrogens is 293 g/mol. The van der Waals surface area contributed by atoms with E-state index < -0.39 is 23.4 Å². The maximum atomic E-state index is 13.4. The van der Waals surface area contributed by atoms with Gasteiger partial charge in [-0.05, 0) is 30.3 Å². The molecular formula is C13H10F5N3. The van der Waals surface area contributed by atoms with E-state index in [1.54, 1.807) is 0 Å². The minimum Gasteiger partial charge on any atom is -0.384 e. The number of alkyl halides is 3. The predicted molar refractivity (Wildman–Crippen MR) is 67.3 cm³/mol. The number of nitrogens with one attached hydrogen (secondary N) is 1. The van der Waals surface area contributed by atoms with Crippen molar-refractivity contribution in [3.8, 4) is 0 Å². The lowest BCUT2D eigenvalue weighted by Crippen LogP contribution is -2.10. The summed E-state index contributed by atoms with van der Waals surface area (Å²) < 4.78 is 64.2. The van der Waals surface area contributed by atoms with Crippen LogP contribution in [-0.4, -0.2) is 4.98 Å². The molecule has 0 fully saturated rings. The Hall–Kier alpha value is -2.38. The summed E-state index contributed by atoms with van der Waals surface area (Å²) in [4.78, 5) is 3.66. The molecule has 8 heteroatoms. The van der Waals surface area contributed by atoms with Gasteiger partial charge in [0, 0.05) is 12.1 Å². The molecule has 3 N–H and O–H groups in total. The smallest absolute Gasteiger partial charge is 0.384 e. The van der Waals surface area contributed by atoms with Gasteiger partial charge in [-0.2, -0.15) is 13.2 Å². The first-order chi connectivity index (χ1) is 9.75. The van der Waals surface area contributed by atoms with Gasteiger partial charge in [-0.1, -0.05) is 0 Å². The number of rotatable bonds is 3. The Morgan fingerprint density at radius 2 is 1.81 bits per heavy atom. The van der Waals surface area contributed by atoms with Crippen molar-refractivity contribution in [3.63, 3.8) is 0 Å². The van der Waals surface area contributed by atoms with Crippen LogP contribution in [0.4, 0.5) is 33.6 Å². The van der Waals surface area contributed by atoms with Gasteiger partial charge < -0.3 is 11.1 Å². The first kappa shape index (κ1) is 15.0. The number of hydrogen-bond acceptors (Lipinski definition) is 3. The van der Waals surface area contributed by atoms with Crippen LogP contribution >= 0.6 is 0 Å². The Morgan fingerprint density at radius 1 is 1.10 bits per heavy atom. The zero-order chi connectivity index (χ0) is 15.6. The number of anilines is 2. The second-order valence-corrected chi connectivity index (χ2v) is 4.25. The van der Waals surface area contributed by atoms with Gasteiger partial charge in [0.25, 0.3) is 0 Å². The Kier molecular flexibility index (Phi) is 3.97. The van der Waals surface area contributed by atoms with Crippen molar-refractivity contribution in [2.75, 3.05) is 11.1 Å². The standard InChI is InChI=1S/C13H10F5N3/c14-9-1-2-10(15)7(3-9)6-20-12-5-8(13(16,17)18)4-11(19)21-12/h1-5H,6H2,(H3,19,20,21). The number of pyridine rings is 1. The quantitative estimate of drug-likeness (QED) is 0.852. The first-order valence-corrected chi connectivity index (χ1v) is 5.78. The zero-order valence-electron chi connectivity index (χ0n) is 10.5. The highest BCUT2D eigenvalue weighted by molar-refractivity contribution is 5.47. The van der Waals surface area contributed by atoms with Crippen LogP contribution in [0, 0.1) is 11.6 Å². The van der Waals surface area contributed by atoms with E-state index in [0.29, 0.717) is 6.07 Å². The second-order valence-electron chi connectivity index (χ2n) is 4.25. The highest BCUT2D eigenvalue weighted by atomic mass is 19.4. The number of hydrogen-bond donors (Lipinski definition) is 2. The molecule has 21 heavy (non-hydrogen) atoms. The molecule has 0 aliphatic rings. The topological polar surface area (TPSA) is 50.9 Å². The maximum absolute atomic E-state index is 13.4. The van der Waals surface area contributed by atoms with E-state index >= 15 is 0 Å². The van der Waals surface area contributed by atoms with Crippen molar-refractivity contribution in [2.45, 2.75) is 12.7 Å². The summed E-state index contributed by atoms with van der Waals surface area (Å²) in [6.07, 6.45) is -4.57. The van der Waals surface area contributed by atoms with Crippen molar-refractivity contribution in [2.24, 2.45) is 0 Å². The van der Waals surface area contributed by atoms with Crippen molar-refractivity contribution in [3.05, 3.63) is 53.1 Å². The SMILES string of the molecule is Nc1cc(C(F)(F)F)cc(NCc2cc(F)ccc2F)n1. The predicted octanol–water partition coefficient (Wildman–Crippen LogP) is 3.57. The van der Waals surface area contributed by atoms with E-state index in [-0.39, 0.29) is 23.7 Å². The molecule has 0 radical (unpaired) electrons. The third kappa shape index (κ3) is 3.80. The van der Waals surface area contributed by atoms with Crippen molar-refractivity contribution < 1.29 is 22.0 Å². The number of nitrogens with two attached hydrogens (primary N) is 1. The van der Waals surface area contributed by atoms with Gasteiger partial charge in [-0.3, -0.25) is 0 Å². The second kappa shape index (κ2) is 5.55. The molecule has 0 bridgehead atoms. The Balaban J connectivity index is 2.20. The van der Waals surface area contributed by atoms with Gasteiger partial charge in [-0.25, -0.2) is 13.8 Å². The fraction of sp³-hybridized carbons (Fsp3) is 0.154. The molecule has 0 atom stereocenters. The lowest BCUT2D eigenvalue weighted by molar-refractivity contribution is -0.137. The van der Waals surface area contributed by atoms with Crippen LogP contribution in [0.5, 0.6) is 0 Å². The summed E-state index contributed by atoms with van der Waals surface area (Å²) in [6, 6.07) is 4.25. The fourth-order valence-corrected chi connectivity index (χ4v) is 1.67. The van der Waals surface area contributed by atoms with Crippen molar-refractivity contribution in [1.82, 2.24) is 4.98 Å². The van der Waals surface area contributed by atoms with Crippen LogP contribution < -0.4 is 11.1 Å². The maximum Gasteiger partial charge on any atom is 0.416 e. The molecule has 0 saturated heterocycles. The number of aromatic nitrogens is 1. The summed E-state index contributed by atoms with van der Waals surface area (Å²) in [6.45, 7) is -0.225. The van der Waals surface area contributed by atoms with Crippen LogP contribution in [0.2, 0.25) is 0 Å². The average molecular weight is 303 g/mol. The highest BCUT2D eigenvalue weighted by Crippen LogP contribution is 2.31. The van der Waals surface area contributed by atoms with E-state index in [1.165, 1.54) is 0 Å². The molecule has 2 rings (SSSR count). The van der Waals surface area contributed by atoms with Gasteiger partial charge in [0.05, 0.1) is 5.56 Å². The molecule has 0 aliphatic carbocycles. The Morgan fingerprint density at radius 3 is 2.48 bits per heavy atom. The molecule has 1 aromatic carbocycles. The normalized spacial score (nSPS) is 11.5. The average Bonchev–Trinajstić information content (AvgIpc) is 2.38. The summed E-state index contributed by atoms with van der Waals surface area (Å²) >= 11 is 0. The number of benzene rings is 1. The molecule has 3 nitrogen and oxygen atoms in total. The Labute approximate surface area is 116 Å². The van der Waals surface area contributed by atoms with E-state index in [9.17, 15) is 22.0 Å². The van der Waals surface area contributed by atoms with Gasteiger partial charge >= 0.3 is 6.18 Å². The van der Waals surface area contributed by atoms with E-state index in [2.05, 4.69) is 10.3 Å². The molecule has 1 aromatic heterocycles. The van der Waals surface area contributed by atoms with Gasteiger partial charge in [0.2, 0.25) is 0 Å². The minimum absolute atomic E-state index is 0.0345. The van der Waals surface area contributed by atoms with Gasteiger partial charge in [-0.15, -0.1) is 0 Å². The lowest BCUT2D eigenvalue weighted by atomic mass is 10.2. The monoisotopic (exact) mass is 303 g/mol. The number of halogens is 5. The summed E-state index contributed by atoms with van der Waals surface area (Å²) in [7, 11) is 0. The van der Waals surface area contributed by atoms with Crippen molar-refractivity contribution >= 4 is 11.6 Å². The van der Waals surface area contributed by atoms with Crippen LogP contribution in [0.1, 0.15) is 11.1 Å². The van der Waals surface area contributed by atoms with Gasteiger partial charge in [0.1, 0.15) is 23.3 Å². The molecule has 0 saturated carbocycles. The van der Waals surface area contributed by atoms with Crippen LogP contribution in [0.3, 0.4) is 0 Å². The molecule has 0 amide bonds. The molecule has 0 aliphatic heterocycles. The van der Waals surface area contributed by atoms with E-state index in [0.717, 1.165) is 24.3 Å². The van der Waals surface area contributed by atoms with Gasteiger partial charge in [0.15, 0.2) is 0 Å². The fourth-order valence-electron chi connectivity index (χ4n) is 1.67. The molecule has 0 unspecified atom stereocenters. The Bertz CT molecular complexity index is 655. The lowest BCUT2D eigenvalue weighted by Gasteiger charge is -2.11. The van der Waals surface area contributed by atoms with E-state index in [1.807, 2.05) is 0 Å². The summed E-state index contributed by atoms with van der Waals surface area (Å²) in [5.41, 5.74) is 4.28. The summed E-state index contributed by atoms with van der Waals surface area (Å²) in [5, 5.41) is 2.48. The minimum atomic E-state index is -4.57. The number of nitrogens with zero attached hydrogens (tertiary/aromatic N) is 1. The molecule has 112 valence electrons. The number of nitrogen functional groups attached to an aromatic ring is 1.